The van der Waals surface area contributed by atoms with Crippen molar-refractivity contribution in [2.45, 2.75) is 18.4 Å². The lowest BCUT2D eigenvalue weighted by atomic mass is 10.2. The predicted molar refractivity (Wildman–Crippen MR) is 130 cm³/mol. The Morgan fingerprint density at radius 3 is 2.29 bits per heavy atom. The number of anilines is 1. The number of hydrogen-bond donors (Lipinski definition) is 1. The largest absolute Gasteiger partial charge is 0.366 e. The van der Waals surface area contributed by atoms with E-state index in [1.54, 1.807) is 24.3 Å². The van der Waals surface area contributed by atoms with Gasteiger partial charge < -0.3 is 15.1 Å². The molecule has 1 heterocycles. The Balaban J connectivity index is 0.00000341. The molecule has 31 heavy (non-hydrogen) atoms. The summed E-state index contributed by atoms with van der Waals surface area (Å²) in [5.74, 6) is -0.141. The van der Waals surface area contributed by atoms with Gasteiger partial charge in [0.05, 0.1) is 17.1 Å². The first-order valence-corrected chi connectivity index (χ1v) is 11.7. The summed E-state index contributed by atoms with van der Waals surface area (Å²) in [5.41, 5.74) is 1.18. The van der Waals surface area contributed by atoms with Crippen molar-refractivity contribution in [2.24, 2.45) is 4.99 Å². The van der Waals surface area contributed by atoms with Crippen LogP contribution in [0.5, 0.6) is 0 Å². The molecule has 1 saturated heterocycles. The molecule has 0 atom stereocenters. The summed E-state index contributed by atoms with van der Waals surface area (Å²) in [7, 11) is -3.22. The van der Waals surface area contributed by atoms with E-state index in [-0.39, 0.29) is 34.6 Å². The number of halogens is 3. The van der Waals surface area contributed by atoms with E-state index in [2.05, 4.69) is 15.2 Å². The normalized spacial score (nSPS) is 14.9. The average molecular weight is 564 g/mol. The zero-order valence-electron chi connectivity index (χ0n) is 17.5. The van der Waals surface area contributed by atoms with Gasteiger partial charge in [0.25, 0.3) is 0 Å². The summed E-state index contributed by atoms with van der Waals surface area (Å²) in [4.78, 5) is 8.86. The molecule has 0 aromatic heterocycles. The fourth-order valence-corrected chi connectivity index (χ4v) is 3.95. The number of nitrogens with zero attached hydrogens (tertiary/aromatic N) is 3. The lowest BCUT2D eigenvalue weighted by molar-refractivity contribution is 0.370. The summed E-state index contributed by atoms with van der Waals surface area (Å²) < 4.78 is 50.7. The van der Waals surface area contributed by atoms with Gasteiger partial charge in [0.1, 0.15) is 11.6 Å². The lowest BCUT2D eigenvalue weighted by Gasteiger charge is -2.37. The minimum Gasteiger partial charge on any atom is -0.366 e. The highest BCUT2D eigenvalue weighted by Gasteiger charge is 2.22. The van der Waals surface area contributed by atoms with Crippen LogP contribution in [0.1, 0.15) is 12.5 Å². The number of benzene rings is 2. The van der Waals surface area contributed by atoms with Crippen LogP contribution < -0.4 is 10.2 Å². The number of nitrogens with one attached hydrogen (secondary N) is 1. The third-order valence-electron chi connectivity index (χ3n) is 4.93. The lowest BCUT2D eigenvalue weighted by Crippen LogP contribution is -2.52. The molecular formula is C21H27F2IN4O2S. The molecule has 3 rings (SSSR count). The molecule has 0 radical (unpaired) electrons. The summed E-state index contributed by atoms with van der Waals surface area (Å²) in [5, 5.41) is 3.26. The van der Waals surface area contributed by atoms with E-state index in [1.165, 1.54) is 12.3 Å². The van der Waals surface area contributed by atoms with Gasteiger partial charge >= 0.3 is 0 Å². The van der Waals surface area contributed by atoms with E-state index in [0.717, 1.165) is 23.7 Å². The van der Waals surface area contributed by atoms with Crippen LogP contribution in [0.3, 0.4) is 0 Å². The third-order valence-corrected chi connectivity index (χ3v) is 6.05. The first-order valence-electron chi connectivity index (χ1n) is 9.80. The van der Waals surface area contributed by atoms with Gasteiger partial charge in [0.15, 0.2) is 15.8 Å². The SMILES string of the molecule is CCNC(=NCc1ccc(S(C)(=O)=O)cc1)N1CCN(c2cc(F)ccc2F)CC1.I. The monoisotopic (exact) mass is 564 g/mol. The standard InChI is InChI=1S/C21H26F2N4O2S.HI/c1-3-24-21(25-15-16-4-7-18(8-5-16)30(2,28)29)27-12-10-26(11-13-27)20-14-17(22)6-9-19(20)23;/h4-9,14H,3,10-13,15H2,1-2H3,(H,24,25);1H. The van der Waals surface area contributed by atoms with Crippen molar-refractivity contribution in [3.63, 3.8) is 0 Å². The predicted octanol–water partition coefficient (Wildman–Crippen LogP) is 3.27. The van der Waals surface area contributed by atoms with E-state index in [4.69, 9.17) is 0 Å². The molecule has 0 spiro atoms. The Kier molecular flexibility index (Phi) is 9.04. The minimum atomic E-state index is -3.22. The van der Waals surface area contributed by atoms with Crippen molar-refractivity contribution in [2.75, 3.05) is 43.9 Å². The molecule has 6 nitrogen and oxygen atoms in total. The van der Waals surface area contributed by atoms with E-state index >= 15 is 0 Å². The highest BCUT2D eigenvalue weighted by molar-refractivity contribution is 14.0. The molecule has 1 fully saturated rings. The van der Waals surface area contributed by atoms with Crippen molar-refractivity contribution in [3.8, 4) is 0 Å². The fourth-order valence-electron chi connectivity index (χ4n) is 3.32. The van der Waals surface area contributed by atoms with Crippen LogP contribution in [-0.2, 0) is 16.4 Å². The molecule has 0 amide bonds. The minimum absolute atomic E-state index is 0. The molecular weight excluding hydrogens is 537 g/mol. The molecule has 10 heteroatoms. The van der Waals surface area contributed by atoms with Crippen molar-refractivity contribution in [3.05, 3.63) is 59.7 Å². The van der Waals surface area contributed by atoms with E-state index < -0.39 is 21.5 Å². The van der Waals surface area contributed by atoms with Gasteiger partial charge in [-0.1, -0.05) is 12.1 Å². The van der Waals surface area contributed by atoms with E-state index in [0.29, 0.717) is 39.3 Å². The second kappa shape index (κ2) is 11.1. The number of hydrogen-bond acceptors (Lipinski definition) is 4. The van der Waals surface area contributed by atoms with Gasteiger partial charge in [0.2, 0.25) is 0 Å². The van der Waals surface area contributed by atoms with Crippen LogP contribution in [0, 0.1) is 11.6 Å². The first-order chi connectivity index (χ1) is 14.3. The second-order valence-corrected chi connectivity index (χ2v) is 9.17. The topological polar surface area (TPSA) is 65.0 Å². The van der Waals surface area contributed by atoms with Crippen molar-refractivity contribution >= 4 is 45.5 Å². The van der Waals surface area contributed by atoms with Crippen LogP contribution in [0.15, 0.2) is 52.4 Å². The molecule has 0 bridgehead atoms. The summed E-state index contributed by atoms with van der Waals surface area (Å²) in [6.45, 7) is 5.43. The maximum Gasteiger partial charge on any atom is 0.194 e. The number of rotatable bonds is 5. The van der Waals surface area contributed by atoms with Crippen LogP contribution in [0.2, 0.25) is 0 Å². The summed E-state index contributed by atoms with van der Waals surface area (Å²) >= 11 is 0. The quantitative estimate of drug-likeness (QED) is 0.343. The molecule has 0 aliphatic carbocycles. The number of aliphatic imine (C=N–C) groups is 1. The first kappa shape index (κ1) is 25.3. The molecule has 0 unspecified atom stereocenters. The van der Waals surface area contributed by atoms with Crippen molar-refractivity contribution in [1.29, 1.82) is 0 Å². The molecule has 2 aromatic carbocycles. The number of piperazine rings is 1. The van der Waals surface area contributed by atoms with E-state index in [1.807, 2.05) is 11.8 Å². The highest BCUT2D eigenvalue weighted by atomic mass is 127. The number of guanidine groups is 1. The Labute approximate surface area is 199 Å². The fraction of sp³-hybridized carbons (Fsp3) is 0.381. The Bertz CT molecular complexity index is 1010. The molecule has 1 aliphatic heterocycles. The Morgan fingerprint density at radius 2 is 1.71 bits per heavy atom. The van der Waals surface area contributed by atoms with Gasteiger partial charge in [-0.25, -0.2) is 22.2 Å². The van der Waals surface area contributed by atoms with Gasteiger partial charge in [0, 0.05) is 45.0 Å². The maximum absolute atomic E-state index is 14.0. The van der Waals surface area contributed by atoms with Gasteiger partial charge in [-0.15, -0.1) is 24.0 Å². The molecule has 170 valence electrons. The smallest absolute Gasteiger partial charge is 0.194 e. The Hall–Kier alpha value is -1.95. The Morgan fingerprint density at radius 1 is 1.06 bits per heavy atom. The molecule has 2 aromatic rings. The third kappa shape index (κ3) is 6.76. The van der Waals surface area contributed by atoms with Crippen molar-refractivity contribution < 1.29 is 17.2 Å². The van der Waals surface area contributed by atoms with Gasteiger partial charge in [-0.2, -0.15) is 0 Å². The maximum atomic E-state index is 14.0. The van der Waals surface area contributed by atoms with Crippen LogP contribution in [-0.4, -0.2) is 58.3 Å². The molecule has 1 aliphatic rings. The average Bonchev–Trinajstić information content (AvgIpc) is 2.73. The van der Waals surface area contributed by atoms with Gasteiger partial charge in [-0.3, -0.25) is 0 Å². The van der Waals surface area contributed by atoms with Crippen molar-refractivity contribution in [1.82, 2.24) is 10.2 Å². The summed E-state index contributed by atoms with van der Waals surface area (Å²) in [6.07, 6.45) is 1.18. The van der Waals surface area contributed by atoms with Crippen LogP contribution in [0.25, 0.3) is 0 Å². The zero-order chi connectivity index (χ0) is 21.7. The second-order valence-electron chi connectivity index (χ2n) is 7.16. The van der Waals surface area contributed by atoms with Gasteiger partial charge in [-0.05, 0) is 36.8 Å². The van der Waals surface area contributed by atoms with Crippen LogP contribution >= 0.6 is 24.0 Å². The van der Waals surface area contributed by atoms with E-state index in [9.17, 15) is 17.2 Å². The highest BCUT2D eigenvalue weighted by Crippen LogP contribution is 2.22. The molecule has 1 N–H and O–H groups in total. The summed E-state index contributed by atoms with van der Waals surface area (Å²) in [6, 6.07) is 10.2. The number of sulfone groups is 1. The van der Waals surface area contributed by atoms with Crippen LogP contribution in [0.4, 0.5) is 14.5 Å². The molecule has 0 saturated carbocycles. The zero-order valence-corrected chi connectivity index (χ0v) is 20.7.